The van der Waals surface area contributed by atoms with Crippen LogP contribution in [0.3, 0.4) is 0 Å². The number of benzene rings is 10. The average molecular weight is 893 g/mol. The molecule has 0 amide bonds. The summed E-state index contributed by atoms with van der Waals surface area (Å²) in [4.78, 5) is 0. The number of para-hydroxylation sites is 7. The molecule has 5 aromatic heterocycles. The first-order chi connectivity index (χ1) is 34.6. The molecule has 7 heteroatoms. The number of fused-ring (bicyclic) bond motifs is 16. The van der Waals surface area contributed by atoms with E-state index in [0.29, 0.717) is 39.5 Å². The number of nitriles is 2. The molecule has 0 saturated carbocycles. The average Bonchev–Trinajstić information content (AvgIpc) is 4.21. The normalized spacial score (nSPS) is 12.0. The molecule has 0 bridgehead atoms. The molecule has 10 aromatic carbocycles. The quantitative estimate of drug-likeness (QED) is 0.176. The summed E-state index contributed by atoms with van der Waals surface area (Å²) in [5.74, 6) is 0. The lowest BCUT2D eigenvalue weighted by atomic mass is 9.98. The molecule has 324 valence electrons. The van der Waals surface area contributed by atoms with Gasteiger partial charge in [-0.25, -0.2) is 0 Å². The number of rotatable bonds is 4. The molecule has 0 unspecified atom stereocenters. The number of aryl methyl sites for hydroxylation is 1. The van der Waals surface area contributed by atoms with E-state index in [1.807, 2.05) is 30.3 Å². The fourth-order valence-corrected chi connectivity index (χ4v) is 11.9. The molecule has 0 spiro atoms. The second-order valence-electron chi connectivity index (χ2n) is 18.3. The third-order valence-electron chi connectivity index (χ3n) is 14.7. The van der Waals surface area contributed by atoms with Gasteiger partial charge in [0.05, 0.1) is 66.9 Å². The van der Waals surface area contributed by atoms with Crippen molar-refractivity contribution in [2.45, 2.75) is 6.92 Å². The number of furan rings is 1. The molecular formula is C63H36N6O. The van der Waals surface area contributed by atoms with Crippen LogP contribution in [0.2, 0.25) is 0 Å². The molecule has 5 heterocycles. The second-order valence-corrected chi connectivity index (χ2v) is 18.3. The molecule has 0 aliphatic carbocycles. The minimum absolute atomic E-state index is 0.344. The van der Waals surface area contributed by atoms with E-state index >= 15 is 0 Å². The second kappa shape index (κ2) is 14.1. The molecule has 70 heavy (non-hydrogen) atoms. The third-order valence-corrected chi connectivity index (χ3v) is 14.7. The Hall–Kier alpha value is -9.82. The van der Waals surface area contributed by atoms with Crippen LogP contribution in [0.25, 0.3) is 132 Å². The zero-order valence-electron chi connectivity index (χ0n) is 37.6. The zero-order valence-corrected chi connectivity index (χ0v) is 37.6. The summed E-state index contributed by atoms with van der Waals surface area (Å²) in [6.45, 7) is 2.12. The van der Waals surface area contributed by atoms with Crippen molar-refractivity contribution in [1.29, 1.82) is 10.5 Å². The Labute approximate surface area is 399 Å². The third kappa shape index (κ3) is 4.89. The molecule has 15 rings (SSSR count). The lowest BCUT2D eigenvalue weighted by molar-refractivity contribution is 0.671. The van der Waals surface area contributed by atoms with Gasteiger partial charge >= 0.3 is 0 Å². The van der Waals surface area contributed by atoms with Crippen LogP contribution in [-0.2, 0) is 0 Å². The molecular weight excluding hydrogens is 857 g/mol. The van der Waals surface area contributed by atoms with Crippen LogP contribution in [0.1, 0.15) is 16.7 Å². The molecule has 0 N–H and O–H groups in total. The van der Waals surface area contributed by atoms with E-state index in [1.54, 1.807) is 0 Å². The summed E-state index contributed by atoms with van der Waals surface area (Å²) < 4.78 is 16.1. The van der Waals surface area contributed by atoms with Gasteiger partial charge in [0.2, 0.25) is 0 Å². The molecule has 0 aliphatic rings. The van der Waals surface area contributed by atoms with Gasteiger partial charge in [-0.2, -0.15) is 10.5 Å². The van der Waals surface area contributed by atoms with Crippen LogP contribution in [0, 0.1) is 29.6 Å². The first-order valence-electron chi connectivity index (χ1n) is 23.5. The van der Waals surface area contributed by atoms with E-state index in [0.717, 1.165) is 109 Å². The minimum Gasteiger partial charge on any atom is -0.454 e. The topological polar surface area (TPSA) is 80.4 Å². The van der Waals surface area contributed by atoms with Crippen LogP contribution < -0.4 is 0 Å². The minimum atomic E-state index is 0.344. The Balaban J connectivity index is 1.31. The van der Waals surface area contributed by atoms with Gasteiger partial charge in [0.1, 0.15) is 28.8 Å². The monoisotopic (exact) mass is 892 g/mol. The summed E-state index contributed by atoms with van der Waals surface area (Å²) in [6, 6.07) is 75.2. The molecule has 0 radical (unpaired) electrons. The SMILES string of the molecule is Cc1ccc2c(c1)c1ccc3c4ccccc4oc3c1n2-c1c(C#N)c(-n2c3ccccc3c3ccccc32)c(C#N)c(-n2c3ccccc3c3ccccc32)c1-n1c2ccccc2c2ccccc21. The summed E-state index contributed by atoms with van der Waals surface area (Å²) in [6.07, 6.45) is 0. The van der Waals surface area contributed by atoms with Crippen LogP contribution in [0.15, 0.2) is 205 Å². The molecule has 0 atom stereocenters. The van der Waals surface area contributed by atoms with E-state index < -0.39 is 0 Å². The van der Waals surface area contributed by atoms with Crippen molar-refractivity contribution in [2.24, 2.45) is 0 Å². The fourth-order valence-electron chi connectivity index (χ4n) is 11.9. The van der Waals surface area contributed by atoms with Crippen LogP contribution in [-0.4, -0.2) is 18.3 Å². The lowest BCUT2D eigenvalue weighted by Gasteiger charge is -2.27. The summed E-state index contributed by atoms with van der Waals surface area (Å²) >= 11 is 0. The van der Waals surface area contributed by atoms with E-state index in [1.165, 1.54) is 0 Å². The maximum atomic E-state index is 12.5. The van der Waals surface area contributed by atoms with Gasteiger partial charge in [-0.15, -0.1) is 0 Å². The van der Waals surface area contributed by atoms with Crippen LogP contribution >= 0.6 is 0 Å². The van der Waals surface area contributed by atoms with Crippen molar-refractivity contribution in [3.8, 4) is 34.9 Å². The van der Waals surface area contributed by atoms with E-state index in [-0.39, 0.29) is 0 Å². The highest BCUT2D eigenvalue weighted by Gasteiger charge is 2.35. The predicted octanol–water partition coefficient (Wildman–Crippen LogP) is 16.0. The summed E-state index contributed by atoms with van der Waals surface area (Å²) in [5.41, 5.74) is 13.0. The van der Waals surface area contributed by atoms with Crippen molar-refractivity contribution in [1.82, 2.24) is 18.3 Å². The van der Waals surface area contributed by atoms with Gasteiger partial charge in [0.15, 0.2) is 5.58 Å². The molecule has 0 saturated heterocycles. The molecule has 0 aliphatic heterocycles. The van der Waals surface area contributed by atoms with Crippen molar-refractivity contribution in [3.63, 3.8) is 0 Å². The Kier molecular flexibility index (Phi) is 7.72. The predicted molar refractivity (Wildman–Crippen MR) is 285 cm³/mol. The Morgan fingerprint density at radius 3 is 1.17 bits per heavy atom. The number of hydrogen-bond donors (Lipinski definition) is 0. The fraction of sp³-hybridized carbons (Fsp3) is 0.0159. The summed E-state index contributed by atoms with van der Waals surface area (Å²) in [5, 5.41) is 35.1. The van der Waals surface area contributed by atoms with Crippen LogP contribution in [0.4, 0.5) is 0 Å². The van der Waals surface area contributed by atoms with Gasteiger partial charge in [0, 0.05) is 53.9 Å². The molecule has 0 fully saturated rings. The van der Waals surface area contributed by atoms with E-state index in [2.05, 4.69) is 207 Å². The van der Waals surface area contributed by atoms with Crippen molar-refractivity contribution >= 4 is 109 Å². The number of hydrogen-bond acceptors (Lipinski definition) is 3. The van der Waals surface area contributed by atoms with Crippen molar-refractivity contribution in [2.75, 3.05) is 0 Å². The Morgan fingerprint density at radius 1 is 0.329 bits per heavy atom. The van der Waals surface area contributed by atoms with E-state index in [9.17, 15) is 10.5 Å². The smallest absolute Gasteiger partial charge is 0.160 e. The maximum absolute atomic E-state index is 12.5. The van der Waals surface area contributed by atoms with Crippen LogP contribution in [0.5, 0.6) is 0 Å². The number of aromatic nitrogens is 4. The van der Waals surface area contributed by atoms with Gasteiger partial charge in [-0.1, -0.05) is 145 Å². The first kappa shape index (κ1) is 38.3. The van der Waals surface area contributed by atoms with Gasteiger partial charge in [-0.3, -0.25) is 0 Å². The van der Waals surface area contributed by atoms with Gasteiger partial charge < -0.3 is 22.7 Å². The van der Waals surface area contributed by atoms with Crippen molar-refractivity contribution < 1.29 is 4.42 Å². The van der Waals surface area contributed by atoms with Gasteiger partial charge in [0.25, 0.3) is 0 Å². The Morgan fingerprint density at radius 2 is 0.700 bits per heavy atom. The standard InChI is InChI=1S/C63H36N6O/c1-37-30-33-56-47(34-37)45-31-32-46-44-22-8-15-29-57(44)70-63(46)61(45)69(56)60-49(36-65)58(66-50-23-9-2-16-38(50)39-17-3-10-24-51(39)66)48(35-64)59(67-52-25-11-4-18-40(52)41-19-5-12-26-53(41)67)62(60)68-54-27-13-6-20-42(54)43-21-7-14-28-55(43)68/h2-34H,1H3. The van der Waals surface area contributed by atoms with Gasteiger partial charge in [-0.05, 0) is 67.6 Å². The highest BCUT2D eigenvalue weighted by Crippen LogP contribution is 2.50. The van der Waals surface area contributed by atoms with Crippen molar-refractivity contribution in [3.05, 3.63) is 217 Å². The Bertz CT molecular complexity index is 4720. The summed E-state index contributed by atoms with van der Waals surface area (Å²) in [7, 11) is 0. The zero-order chi connectivity index (χ0) is 46.4. The maximum Gasteiger partial charge on any atom is 0.160 e. The first-order valence-corrected chi connectivity index (χ1v) is 23.5. The van der Waals surface area contributed by atoms with E-state index in [4.69, 9.17) is 4.42 Å². The number of nitrogens with zero attached hydrogens (tertiary/aromatic N) is 6. The molecule has 15 aromatic rings. The highest BCUT2D eigenvalue weighted by molar-refractivity contribution is 6.23. The lowest BCUT2D eigenvalue weighted by Crippen LogP contribution is -2.17. The highest BCUT2D eigenvalue weighted by atomic mass is 16.3. The largest absolute Gasteiger partial charge is 0.454 e. The molecule has 7 nitrogen and oxygen atoms in total.